The van der Waals surface area contributed by atoms with Gasteiger partial charge in [0.25, 0.3) is 5.91 Å². The summed E-state index contributed by atoms with van der Waals surface area (Å²) in [6.07, 6.45) is 3.55. The molecule has 6 nitrogen and oxygen atoms in total. The number of aromatic nitrogens is 2. The topological polar surface area (TPSA) is 68.5 Å². The van der Waals surface area contributed by atoms with Crippen molar-refractivity contribution >= 4 is 5.91 Å². The molecule has 1 fully saturated rings. The number of amides is 1. The molecule has 0 radical (unpaired) electrons. The van der Waals surface area contributed by atoms with Crippen molar-refractivity contribution < 1.29 is 18.3 Å². The Kier molecular flexibility index (Phi) is 4.27. The summed E-state index contributed by atoms with van der Waals surface area (Å²) in [4.78, 5) is 21.9. The van der Waals surface area contributed by atoms with E-state index in [1.165, 1.54) is 0 Å². The van der Waals surface area contributed by atoms with Gasteiger partial charge in [0.15, 0.2) is 5.82 Å². The first-order valence-corrected chi connectivity index (χ1v) is 7.53. The molecule has 2 aromatic rings. The van der Waals surface area contributed by atoms with Crippen LogP contribution in [0, 0.1) is 19.7 Å². The highest BCUT2D eigenvalue weighted by molar-refractivity contribution is 5.95. The van der Waals surface area contributed by atoms with E-state index in [4.69, 9.17) is 9.15 Å². The Morgan fingerprint density at radius 2 is 2.13 bits per heavy atom. The third-order valence-electron chi connectivity index (χ3n) is 3.81. The van der Waals surface area contributed by atoms with Crippen LogP contribution in [-0.2, 0) is 0 Å². The van der Waals surface area contributed by atoms with Gasteiger partial charge in [0.05, 0.1) is 24.5 Å². The summed E-state index contributed by atoms with van der Waals surface area (Å²) in [7, 11) is 0. The Morgan fingerprint density at radius 1 is 1.39 bits per heavy atom. The first kappa shape index (κ1) is 15.5. The number of hydrogen-bond donors (Lipinski definition) is 0. The molecule has 1 aliphatic rings. The van der Waals surface area contributed by atoms with Crippen LogP contribution in [0.1, 0.15) is 34.7 Å². The van der Waals surface area contributed by atoms with Gasteiger partial charge < -0.3 is 14.1 Å². The zero-order valence-corrected chi connectivity index (χ0v) is 13.1. The lowest BCUT2D eigenvalue weighted by Crippen LogP contribution is -2.44. The van der Waals surface area contributed by atoms with Crippen molar-refractivity contribution in [3.63, 3.8) is 0 Å². The van der Waals surface area contributed by atoms with E-state index in [0.29, 0.717) is 24.4 Å². The highest BCUT2D eigenvalue weighted by atomic mass is 19.1. The number of likely N-dealkylation sites (tertiary alicyclic amines) is 1. The van der Waals surface area contributed by atoms with Gasteiger partial charge >= 0.3 is 6.01 Å². The van der Waals surface area contributed by atoms with E-state index in [1.54, 1.807) is 17.9 Å². The number of hydrogen-bond acceptors (Lipinski definition) is 5. The molecule has 0 N–H and O–H groups in total. The second-order valence-corrected chi connectivity index (χ2v) is 5.64. The number of carbonyl (C=O) groups excluding carboxylic acids is 1. The van der Waals surface area contributed by atoms with Gasteiger partial charge in [-0.25, -0.2) is 14.4 Å². The van der Waals surface area contributed by atoms with E-state index in [0.717, 1.165) is 31.0 Å². The molecule has 1 aliphatic heterocycles. The van der Waals surface area contributed by atoms with Crippen LogP contribution < -0.4 is 4.74 Å². The van der Waals surface area contributed by atoms with Crippen LogP contribution in [0.3, 0.4) is 0 Å². The van der Waals surface area contributed by atoms with Gasteiger partial charge in [-0.15, -0.1) is 0 Å². The summed E-state index contributed by atoms with van der Waals surface area (Å²) in [5.41, 5.74) is 0.584. The van der Waals surface area contributed by atoms with Crippen LogP contribution in [0.4, 0.5) is 4.39 Å². The molecule has 1 atom stereocenters. The Balaban J connectivity index is 1.67. The largest absolute Gasteiger partial charge is 0.466 e. The molecule has 1 unspecified atom stereocenters. The normalized spacial score (nSPS) is 18.0. The average molecular weight is 319 g/mol. The predicted octanol–water partition coefficient (Wildman–Crippen LogP) is 2.51. The summed E-state index contributed by atoms with van der Waals surface area (Å²) in [6, 6.07) is 1.88. The molecule has 0 aliphatic carbocycles. The minimum atomic E-state index is -0.511. The lowest BCUT2D eigenvalue weighted by atomic mass is 10.1. The second-order valence-electron chi connectivity index (χ2n) is 5.64. The maximum absolute atomic E-state index is 12.8. The van der Waals surface area contributed by atoms with Gasteiger partial charge in [0.2, 0.25) is 0 Å². The second kappa shape index (κ2) is 6.36. The number of rotatable bonds is 3. The van der Waals surface area contributed by atoms with Gasteiger partial charge in [-0.05, 0) is 32.8 Å². The minimum absolute atomic E-state index is 0.0623. The Hall–Kier alpha value is -2.44. The Bertz CT molecular complexity index is 699. The fourth-order valence-electron chi connectivity index (χ4n) is 2.74. The molecule has 1 amide bonds. The minimum Gasteiger partial charge on any atom is -0.466 e. The molecule has 0 aromatic carbocycles. The third-order valence-corrected chi connectivity index (χ3v) is 3.81. The third kappa shape index (κ3) is 3.49. The molecule has 7 heteroatoms. The van der Waals surface area contributed by atoms with E-state index < -0.39 is 5.82 Å². The fourth-order valence-corrected chi connectivity index (χ4v) is 2.74. The standard InChI is InChI=1S/C16H18FN3O3/c1-10-6-14(11(2)22-10)15(21)20-5-3-4-13(9-20)23-16-18-7-12(17)8-19-16/h6-8,13H,3-5,9H2,1-2H3. The quantitative estimate of drug-likeness (QED) is 0.869. The van der Waals surface area contributed by atoms with Crippen LogP contribution in [0.5, 0.6) is 6.01 Å². The van der Waals surface area contributed by atoms with Gasteiger partial charge in [-0.3, -0.25) is 4.79 Å². The van der Waals surface area contributed by atoms with Crippen molar-refractivity contribution in [2.45, 2.75) is 32.8 Å². The van der Waals surface area contributed by atoms with Crippen LogP contribution in [-0.4, -0.2) is 40.0 Å². The number of aryl methyl sites for hydroxylation is 2. The molecule has 1 saturated heterocycles. The smallest absolute Gasteiger partial charge is 0.316 e. The fraction of sp³-hybridized carbons (Fsp3) is 0.438. The highest BCUT2D eigenvalue weighted by Gasteiger charge is 2.28. The molecule has 122 valence electrons. The maximum Gasteiger partial charge on any atom is 0.316 e. The maximum atomic E-state index is 12.8. The van der Waals surface area contributed by atoms with Crippen LogP contribution in [0.2, 0.25) is 0 Å². The summed E-state index contributed by atoms with van der Waals surface area (Å²) in [5.74, 6) is 0.768. The molecule has 0 bridgehead atoms. The van der Waals surface area contributed by atoms with E-state index in [2.05, 4.69) is 9.97 Å². The van der Waals surface area contributed by atoms with Crippen molar-refractivity contribution in [2.24, 2.45) is 0 Å². The van der Waals surface area contributed by atoms with Crippen molar-refractivity contribution in [1.82, 2.24) is 14.9 Å². The van der Waals surface area contributed by atoms with Crippen molar-refractivity contribution in [3.8, 4) is 6.01 Å². The summed E-state index contributed by atoms with van der Waals surface area (Å²) >= 11 is 0. The van der Waals surface area contributed by atoms with E-state index >= 15 is 0 Å². The zero-order chi connectivity index (χ0) is 16.4. The van der Waals surface area contributed by atoms with Gasteiger partial charge in [0, 0.05) is 6.54 Å². The molecule has 0 saturated carbocycles. The molecular weight excluding hydrogens is 301 g/mol. The average Bonchev–Trinajstić information content (AvgIpc) is 2.88. The number of halogens is 1. The lowest BCUT2D eigenvalue weighted by Gasteiger charge is -2.32. The number of carbonyl (C=O) groups is 1. The van der Waals surface area contributed by atoms with Crippen molar-refractivity contribution in [3.05, 3.63) is 41.4 Å². The van der Waals surface area contributed by atoms with Gasteiger partial charge in [0.1, 0.15) is 17.6 Å². The molecule has 23 heavy (non-hydrogen) atoms. The monoisotopic (exact) mass is 319 g/mol. The first-order chi connectivity index (χ1) is 11.0. The van der Waals surface area contributed by atoms with Gasteiger partial charge in [-0.2, -0.15) is 0 Å². The molecule has 3 heterocycles. The summed E-state index contributed by atoms with van der Waals surface area (Å²) < 4.78 is 23.9. The van der Waals surface area contributed by atoms with Crippen LogP contribution in [0.25, 0.3) is 0 Å². The Labute approximate surface area is 133 Å². The van der Waals surface area contributed by atoms with E-state index in [9.17, 15) is 9.18 Å². The van der Waals surface area contributed by atoms with Crippen LogP contribution in [0.15, 0.2) is 22.9 Å². The number of nitrogens with zero attached hydrogens (tertiary/aromatic N) is 3. The number of ether oxygens (including phenoxy) is 1. The molecular formula is C16H18FN3O3. The lowest BCUT2D eigenvalue weighted by molar-refractivity contribution is 0.0514. The number of furan rings is 1. The Morgan fingerprint density at radius 3 is 2.78 bits per heavy atom. The zero-order valence-electron chi connectivity index (χ0n) is 13.1. The van der Waals surface area contributed by atoms with Crippen LogP contribution >= 0.6 is 0 Å². The highest BCUT2D eigenvalue weighted by Crippen LogP contribution is 2.20. The summed E-state index contributed by atoms with van der Waals surface area (Å²) in [6.45, 7) is 4.72. The predicted molar refractivity (Wildman–Crippen MR) is 79.7 cm³/mol. The van der Waals surface area contributed by atoms with Crippen molar-refractivity contribution in [2.75, 3.05) is 13.1 Å². The molecule has 0 spiro atoms. The SMILES string of the molecule is Cc1cc(C(=O)N2CCCC(Oc3ncc(F)cn3)C2)c(C)o1. The molecule has 2 aromatic heterocycles. The van der Waals surface area contributed by atoms with E-state index in [-0.39, 0.29) is 18.0 Å². The van der Waals surface area contributed by atoms with Crippen molar-refractivity contribution in [1.29, 1.82) is 0 Å². The number of piperidine rings is 1. The summed E-state index contributed by atoms with van der Waals surface area (Å²) in [5, 5.41) is 0. The van der Waals surface area contributed by atoms with Gasteiger partial charge in [-0.1, -0.05) is 0 Å². The first-order valence-electron chi connectivity index (χ1n) is 7.53. The molecule has 3 rings (SSSR count). The van der Waals surface area contributed by atoms with E-state index in [1.807, 2.05) is 6.92 Å².